The largest absolute Gasteiger partial charge is 0.314 e. The van der Waals surface area contributed by atoms with Gasteiger partial charge in [-0.05, 0) is 25.3 Å². The summed E-state index contributed by atoms with van der Waals surface area (Å²) in [6.07, 6.45) is 6.98. The van der Waals surface area contributed by atoms with E-state index in [0.29, 0.717) is 11.6 Å². The molecule has 1 aliphatic heterocycles. The molecule has 1 heterocycles. The van der Waals surface area contributed by atoms with Crippen molar-refractivity contribution >= 4 is 0 Å². The van der Waals surface area contributed by atoms with Gasteiger partial charge in [0.1, 0.15) is 0 Å². The highest BCUT2D eigenvalue weighted by atomic mass is 15.3. The van der Waals surface area contributed by atoms with Gasteiger partial charge in [-0.2, -0.15) is 0 Å². The molecule has 0 bridgehead atoms. The monoisotopic (exact) mass is 258 g/mol. The van der Waals surface area contributed by atoms with Crippen LogP contribution in [0, 0.1) is 0 Å². The number of nitrogens with zero attached hydrogens (tertiary/aromatic N) is 1. The second-order valence-corrected chi connectivity index (χ2v) is 6.38. The molecular weight excluding hydrogens is 232 g/mol. The molecule has 1 atom stereocenters. The van der Waals surface area contributed by atoms with Crippen LogP contribution in [0.4, 0.5) is 0 Å². The summed E-state index contributed by atoms with van der Waals surface area (Å²) >= 11 is 0. The molecule has 1 aromatic rings. The van der Waals surface area contributed by atoms with Gasteiger partial charge < -0.3 is 5.32 Å². The molecule has 19 heavy (non-hydrogen) atoms. The van der Waals surface area contributed by atoms with Crippen LogP contribution in [0.5, 0.6) is 0 Å². The minimum atomic E-state index is 0.418. The molecule has 2 fully saturated rings. The Morgan fingerprint density at radius 2 is 1.84 bits per heavy atom. The predicted molar refractivity (Wildman–Crippen MR) is 80.2 cm³/mol. The molecule has 2 nitrogen and oxygen atoms in total. The first-order valence-electron chi connectivity index (χ1n) is 7.82. The Hall–Kier alpha value is -0.860. The van der Waals surface area contributed by atoms with Gasteiger partial charge in [0, 0.05) is 31.2 Å². The number of nitrogens with one attached hydrogen (secondary N) is 1. The highest BCUT2D eigenvalue weighted by Gasteiger charge is 2.38. The average Bonchev–Trinajstić information content (AvgIpc) is 2.49. The molecule has 0 amide bonds. The zero-order chi connectivity index (χ0) is 13.1. The van der Waals surface area contributed by atoms with Gasteiger partial charge in [0.25, 0.3) is 0 Å². The highest BCUT2D eigenvalue weighted by molar-refractivity contribution is 5.21. The summed E-state index contributed by atoms with van der Waals surface area (Å²) in [5.74, 6) is 0. The molecule has 3 rings (SSSR count). The fraction of sp³-hybridized carbons (Fsp3) is 0.647. The number of hydrogen-bond donors (Lipinski definition) is 1. The lowest BCUT2D eigenvalue weighted by Crippen LogP contribution is -2.56. The Balaban J connectivity index is 1.84. The van der Waals surface area contributed by atoms with E-state index in [4.69, 9.17) is 0 Å². The summed E-state index contributed by atoms with van der Waals surface area (Å²) in [5.41, 5.74) is 1.89. The lowest BCUT2D eigenvalue weighted by molar-refractivity contribution is 0.0103. The Kier molecular flexibility index (Phi) is 3.90. The maximum atomic E-state index is 3.58. The molecule has 1 saturated heterocycles. The molecule has 0 radical (unpaired) electrons. The third-order valence-corrected chi connectivity index (χ3v) is 5.05. The molecular formula is C17H26N2. The van der Waals surface area contributed by atoms with E-state index in [1.54, 1.807) is 0 Å². The third kappa shape index (κ3) is 2.70. The van der Waals surface area contributed by atoms with E-state index in [1.165, 1.54) is 44.2 Å². The van der Waals surface area contributed by atoms with Gasteiger partial charge in [0.15, 0.2) is 0 Å². The van der Waals surface area contributed by atoms with Crippen LogP contribution in [-0.4, -0.2) is 30.1 Å². The first-order chi connectivity index (χ1) is 9.30. The highest BCUT2D eigenvalue weighted by Crippen LogP contribution is 2.38. The molecule has 1 N–H and O–H groups in total. The molecule has 0 spiro atoms. The quantitative estimate of drug-likeness (QED) is 0.875. The van der Waals surface area contributed by atoms with Gasteiger partial charge in [-0.3, -0.25) is 4.90 Å². The lowest BCUT2D eigenvalue weighted by atomic mass is 9.80. The van der Waals surface area contributed by atoms with Crippen molar-refractivity contribution in [2.75, 3.05) is 19.6 Å². The van der Waals surface area contributed by atoms with E-state index in [1.807, 2.05) is 0 Å². The van der Waals surface area contributed by atoms with E-state index in [0.717, 1.165) is 13.1 Å². The maximum Gasteiger partial charge on any atom is 0.0478 e. The van der Waals surface area contributed by atoms with Gasteiger partial charge in [-0.1, -0.05) is 49.6 Å². The van der Waals surface area contributed by atoms with Gasteiger partial charge in [0.05, 0.1) is 0 Å². The van der Waals surface area contributed by atoms with Crippen molar-refractivity contribution in [3.63, 3.8) is 0 Å². The third-order valence-electron chi connectivity index (χ3n) is 5.05. The second kappa shape index (κ2) is 5.64. The second-order valence-electron chi connectivity index (χ2n) is 6.38. The first kappa shape index (κ1) is 13.1. The lowest BCUT2D eigenvalue weighted by Gasteiger charge is -2.50. The zero-order valence-corrected chi connectivity index (χ0v) is 12.1. The van der Waals surface area contributed by atoms with E-state index in [-0.39, 0.29) is 0 Å². The van der Waals surface area contributed by atoms with Crippen LogP contribution in [0.1, 0.15) is 50.6 Å². The molecule has 1 unspecified atom stereocenters. The van der Waals surface area contributed by atoms with Crippen molar-refractivity contribution < 1.29 is 0 Å². The van der Waals surface area contributed by atoms with Gasteiger partial charge in [-0.15, -0.1) is 0 Å². The number of rotatable bonds is 2. The SMILES string of the molecule is CC1(N2CCNCC2c2ccccc2)CCCCC1. The van der Waals surface area contributed by atoms with E-state index in [9.17, 15) is 0 Å². The van der Waals surface area contributed by atoms with Crippen LogP contribution in [0.3, 0.4) is 0 Å². The summed E-state index contributed by atoms with van der Waals surface area (Å²) < 4.78 is 0. The van der Waals surface area contributed by atoms with Crippen LogP contribution < -0.4 is 5.32 Å². The fourth-order valence-electron chi connectivity index (χ4n) is 3.92. The van der Waals surface area contributed by atoms with Crippen molar-refractivity contribution in [2.24, 2.45) is 0 Å². The Morgan fingerprint density at radius 1 is 1.11 bits per heavy atom. The molecule has 1 aliphatic carbocycles. The Morgan fingerprint density at radius 3 is 2.58 bits per heavy atom. The smallest absolute Gasteiger partial charge is 0.0478 e. The van der Waals surface area contributed by atoms with Crippen molar-refractivity contribution in [3.8, 4) is 0 Å². The zero-order valence-electron chi connectivity index (χ0n) is 12.1. The molecule has 1 saturated carbocycles. The molecule has 1 aromatic carbocycles. The van der Waals surface area contributed by atoms with Crippen LogP contribution >= 0.6 is 0 Å². The van der Waals surface area contributed by atoms with Crippen LogP contribution in [0.2, 0.25) is 0 Å². The predicted octanol–water partition coefficient (Wildman–Crippen LogP) is 3.36. The summed E-state index contributed by atoms with van der Waals surface area (Å²) in [6, 6.07) is 11.6. The van der Waals surface area contributed by atoms with E-state index in [2.05, 4.69) is 47.5 Å². The molecule has 0 aromatic heterocycles. The summed E-state index contributed by atoms with van der Waals surface area (Å²) in [4.78, 5) is 2.79. The summed E-state index contributed by atoms with van der Waals surface area (Å²) in [5, 5.41) is 3.58. The van der Waals surface area contributed by atoms with Crippen molar-refractivity contribution in [1.82, 2.24) is 10.2 Å². The van der Waals surface area contributed by atoms with Crippen LogP contribution in [0.15, 0.2) is 30.3 Å². The van der Waals surface area contributed by atoms with Gasteiger partial charge >= 0.3 is 0 Å². The van der Waals surface area contributed by atoms with E-state index < -0.39 is 0 Å². The normalized spacial score (nSPS) is 28.2. The number of piperazine rings is 1. The fourth-order valence-corrected chi connectivity index (χ4v) is 3.92. The summed E-state index contributed by atoms with van der Waals surface area (Å²) in [7, 11) is 0. The minimum Gasteiger partial charge on any atom is -0.314 e. The number of hydrogen-bond acceptors (Lipinski definition) is 2. The Bertz CT molecular complexity index is 395. The Labute approximate surface area is 117 Å². The molecule has 104 valence electrons. The van der Waals surface area contributed by atoms with Crippen molar-refractivity contribution in [3.05, 3.63) is 35.9 Å². The van der Waals surface area contributed by atoms with Gasteiger partial charge in [-0.25, -0.2) is 0 Å². The molecule has 2 aliphatic rings. The van der Waals surface area contributed by atoms with Gasteiger partial charge in [0.2, 0.25) is 0 Å². The summed E-state index contributed by atoms with van der Waals surface area (Å²) in [6.45, 7) is 5.92. The topological polar surface area (TPSA) is 15.3 Å². The first-order valence-corrected chi connectivity index (χ1v) is 7.82. The molecule has 2 heteroatoms. The number of benzene rings is 1. The van der Waals surface area contributed by atoms with Crippen LogP contribution in [-0.2, 0) is 0 Å². The average molecular weight is 258 g/mol. The van der Waals surface area contributed by atoms with E-state index >= 15 is 0 Å². The van der Waals surface area contributed by atoms with Crippen LogP contribution in [0.25, 0.3) is 0 Å². The minimum absolute atomic E-state index is 0.418. The van der Waals surface area contributed by atoms with Crippen molar-refractivity contribution in [1.29, 1.82) is 0 Å². The standard InChI is InChI=1S/C17H26N2/c1-17(10-6-3-7-11-17)19-13-12-18-14-16(19)15-8-4-2-5-9-15/h2,4-5,8-9,16,18H,3,6-7,10-14H2,1H3. The maximum absolute atomic E-state index is 3.58. The van der Waals surface area contributed by atoms with Crippen molar-refractivity contribution in [2.45, 2.75) is 50.6 Å².